The van der Waals surface area contributed by atoms with Gasteiger partial charge in [-0.1, -0.05) is 6.92 Å². The maximum absolute atomic E-state index is 12.1. The van der Waals surface area contributed by atoms with E-state index in [1.54, 1.807) is 11.9 Å². The molecule has 2 atom stereocenters. The fourth-order valence-corrected chi connectivity index (χ4v) is 2.00. The zero-order valence-corrected chi connectivity index (χ0v) is 8.97. The van der Waals surface area contributed by atoms with Crippen molar-refractivity contribution >= 4 is 0 Å². The minimum absolute atomic E-state index is 0.120. The Morgan fingerprint density at radius 3 is 2.79 bits per heavy atom. The van der Waals surface area contributed by atoms with Gasteiger partial charge in [-0.2, -0.15) is 0 Å². The second-order valence-electron chi connectivity index (χ2n) is 4.29. The summed E-state index contributed by atoms with van der Waals surface area (Å²) in [5.74, 6) is 0.601. The second kappa shape index (κ2) is 5.61. The quantitative estimate of drug-likeness (QED) is 0.751. The maximum atomic E-state index is 12.1. The second-order valence-corrected chi connectivity index (χ2v) is 4.29. The Bertz CT molecular complexity index is 164. The lowest BCUT2D eigenvalue weighted by Gasteiger charge is -2.33. The third-order valence-electron chi connectivity index (χ3n) is 2.89. The number of halogens is 2. The molecule has 1 heterocycles. The van der Waals surface area contributed by atoms with Crippen molar-refractivity contribution in [3.05, 3.63) is 0 Å². The van der Waals surface area contributed by atoms with Crippen molar-refractivity contribution in [2.45, 2.75) is 32.2 Å². The molecular weight excluding hydrogens is 186 g/mol. The number of hydrogen-bond acceptors (Lipinski definition) is 2. The van der Waals surface area contributed by atoms with Crippen molar-refractivity contribution in [1.82, 2.24) is 10.2 Å². The predicted molar refractivity (Wildman–Crippen MR) is 53.7 cm³/mol. The Labute approximate surface area is 84.7 Å². The maximum Gasteiger partial charge on any atom is 0.251 e. The van der Waals surface area contributed by atoms with E-state index in [-0.39, 0.29) is 6.54 Å². The molecule has 2 nitrogen and oxygen atoms in total. The lowest BCUT2D eigenvalue weighted by Crippen LogP contribution is -2.47. The summed E-state index contributed by atoms with van der Waals surface area (Å²) in [7, 11) is 1.76. The molecule has 0 saturated carbocycles. The summed E-state index contributed by atoms with van der Waals surface area (Å²) in [6.45, 7) is 3.82. The summed E-state index contributed by atoms with van der Waals surface area (Å²) < 4.78 is 24.1. The Morgan fingerprint density at radius 1 is 1.50 bits per heavy atom. The van der Waals surface area contributed by atoms with Gasteiger partial charge in [0.2, 0.25) is 0 Å². The van der Waals surface area contributed by atoms with Gasteiger partial charge in [-0.3, -0.25) is 4.90 Å². The lowest BCUT2D eigenvalue weighted by atomic mass is 9.92. The van der Waals surface area contributed by atoms with E-state index in [1.165, 1.54) is 12.8 Å². The molecule has 0 bridgehead atoms. The zero-order valence-electron chi connectivity index (χ0n) is 8.97. The van der Waals surface area contributed by atoms with E-state index in [1.807, 2.05) is 0 Å². The summed E-state index contributed by atoms with van der Waals surface area (Å²) in [6, 6.07) is 0.382. The molecule has 0 radical (unpaired) electrons. The molecule has 1 N–H and O–H groups in total. The van der Waals surface area contributed by atoms with E-state index in [2.05, 4.69) is 12.2 Å². The molecule has 0 amide bonds. The van der Waals surface area contributed by atoms with E-state index in [4.69, 9.17) is 0 Å². The average Bonchev–Trinajstić information content (AvgIpc) is 2.07. The summed E-state index contributed by atoms with van der Waals surface area (Å²) in [5.41, 5.74) is 0. The van der Waals surface area contributed by atoms with Crippen molar-refractivity contribution in [2.24, 2.45) is 5.92 Å². The fourth-order valence-electron chi connectivity index (χ4n) is 2.00. The van der Waals surface area contributed by atoms with Gasteiger partial charge in [-0.25, -0.2) is 8.78 Å². The first-order valence-electron chi connectivity index (χ1n) is 5.29. The van der Waals surface area contributed by atoms with Crippen molar-refractivity contribution in [1.29, 1.82) is 0 Å². The van der Waals surface area contributed by atoms with Crippen LogP contribution < -0.4 is 5.32 Å². The molecule has 0 aromatic rings. The molecule has 1 saturated heterocycles. The van der Waals surface area contributed by atoms with Gasteiger partial charge in [-0.15, -0.1) is 0 Å². The first-order chi connectivity index (χ1) is 6.59. The molecule has 1 aliphatic heterocycles. The Balaban J connectivity index is 2.27. The third kappa shape index (κ3) is 3.88. The lowest BCUT2D eigenvalue weighted by molar-refractivity contribution is 0.0895. The van der Waals surface area contributed by atoms with Crippen LogP contribution >= 0.6 is 0 Å². The first-order valence-corrected chi connectivity index (χ1v) is 5.29. The van der Waals surface area contributed by atoms with Crippen LogP contribution in [0.15, 0.2) is 0 Å². The fraction of sp³-hybridized carbons (Fsp3) is 1.00. The number of hydrogen-bond donors (Lipinski definition) is 1. The standard InChI is InChI=1S/C10H20F2N2/c1-8-4-3-5-13-9(8)6-14(2)7-10(11)12/h8-10,13H,3-7H2,1-2H3. The Hall–Kier alpha value is -0.220. The summed E-state index contributed by atoms with van der Waals surface area (Å²) in [4.78, 5) is 1.71. The molecule has 0 aliphatic carbocycles. The van der Waals surface area contributed by atoms with Gasteiger partial charge < -0.3 is 5.32 Å². The molecule has 2 unspecified atom stereocenters. The van der Waals surface area contributed by atoms with Crippen LogP contribution in [0.4, 0.5) is 8.78 Å². The number of alkyl halides is 2. The monoisotopic (exact) mass is 206 g/mol. The van der Waals surface area contributed by atoms with Gasteiger partial charge in [0, 0.05) is 12.6 Å². The topological polar surface area (TPSA) is 15.3 Å². The molecular formula is C10H20F2N2. The Kier molecular flexibility index (Phi) is 4.75. The molecule has 1 fully saturated rings. The van der Waals surface area contributed by atoms with Crippen LogP contribution in [0, 0.1) is 5.92 Å². The van der Waals surface area contributed by atoms with Crippen molar-refractivity contribution in [2.75, 3.05) is 26.7 Å². The molecule has 4 heteroatoms. The molecule has 0 aromatic heterocycles. The molecule has 84 valence electrons. The zero-order chi connectivity index (χ0) is 10.6. The Morgan fingerprint density at radius 2 is 2.21 bits per heavy atom. The van der Waals surface area contributed by atoms with Crippen LogP contribution in [0.2, 0.25) is 0 Å². The van der Waals surface area contributed by atoms with Gasteiger partial charge in [0.05, 0.1) is 6.54 Å². The van der Waals surface area contributed by atoms with E-state index in [0.29, 0.717) is 12.0 Å². The SMILES string of the molecule is CC1CCCNC1CN(C)CC(F)F. The number of likely N-dealkylation sites (N-methyl/N-ethyl adjacent to an activating group) is 1. The van der Waals surface area contributed by atoms with Gasteiger partial charge in [0.15, 0.2) is 0 Å². The summed E-state index contributed by atoms with van der Waals surface area (Å²) in [6.07, 6.45) is 0.190. The highest BCUT2D eigenvalue weighted by Crippen LogP contribution is 2.16. The number of rotatable bonds is 4. The summed E-state index contributed by atoms with van der Waals surface area (Å²) in [5, 5.41) is 3.39. The van der Waals surface area contributed by atoms with Crippen LogP contribution in [0.1, 0.15) is 19.8 Å². The van der Waals surface area contributed by atoms with Crippen LogP contribution in [-0.4, -0.2) is 44.0 Å². The van der Waals surface area contributed by atoms with Crippen molar-refractivity contribution < 1.29 is 8.78 Å². The minimum atomic E-state index is -2.22. The highest BCUT2D eigenvalue weighted by molar-refractivity contribution is 4.80. The minimum Gasteiger partial charge on any atom is -0.312 e. The molecule has 0 aromatic carbocycles. The first kappa shape index (κ1) is 11.9. The van der Waals surface area contributed by atoms with E-state index < -0.39 is 6.43 Å². The van der Waals surface area contributed by atoms with Crippen LogP contribution in [0.5, 0.6) is 0 Å². The normalized spacial score (nSPS) is 28.7. The number of nitrogens with one attached hydrogen (secondary N) is 1. The highest BCUT2D eigenvalue weighted by Gasteiger charge is 2.22. The van der Waals surface area contributed by atoms with E-state index in [0.717, 1.165) is 13.1 Å². The average molecular weight is 206 g/mol. The van der Waals surface area contributed by atoms with Gasteiger partial charge in [0.1, 0.15) is 0 Å². The predicted octanol–water partition coefficient (Wildman–Crippen LogP) is 1.57. The number of nitrogens with zero attached hydrogens (tertiary/aromatic N) is 1. The largest absolute Gasteiger partial charge is 0.312 e. The van der Waals surface area contributed by atoms with Crippen LogP contribution in [0.3, 0.4) is 0 Å². The van der Waals surface area contributed by atoms with E-state index >= 15 is 0 Å². The van der Waals surface area contributed by atoms with Gasteiger partial charge in [0.25, 0.3) is 6.43 Å². The summed E-state index contributed by atoms with van der Waals surface area (Å²) >= 11 is 0. The van der Waals surface area contributed by atoms with Gasteiger partial charge in [-0.05, 0) is 32.4 Å². The molecule has 1 aliphatic rings. The van der Waals surface area contributed by atoms with Crippen LogP contribution in [0.25, 0.3) is 0 Å². The number of piperidine rings is 1. The third-order valence-corrected chi connectivity index (χ3v) is 2.89. The molecule has 1 rings (SSSR count). The molecule has 14 heavy (non-hydrogen) atoms. The highest BCUT2D eigenvalue weighted by atomic mass is 19.3. The van der Waals surface area contributed by atoms with E-state index in [9.17, 15) is 8.78 Å². The molecule has 0 spiro atoms. The van der Waals surface area contributed by atoms with Crippen LogP contribution in [-0.2, 0) is 0 Å². The van der Waals surface area contributed by atoms with Crippen molar-refractivity contribution in [3.8, 4) is 0 Å². The van der Waals surface area contributed by atoms with Gasteiger partial charge >= 0.3 is 0 Å². The smallest absolute Gasteiger partial charge is 0.251 e. The van der Waals surface area contributed by atoms with Crippen molar-refractivity contribution in [3.63, 3.8) is 0 Å².